The van der Waals surface area contributed by atoms with Gasteiger partial charge in [-0.2, -0.15) is 5.10 Å². The zero-order chi connectivity index (χ0) is 15.1. The maximum Gasteiger partial charge on any atom is 0.327 e. The average Bonchev–Trinajstić information content (AvgIpc) is 2.93. The maximum absolute atomic E-state index is 11.8. The summed E-state index contributed by atoms with van der Waals surface area (Å²) in [5.41, 5.74) is 1.61. The van der Waals surface area contributed by atoms with Gasteiger partial charge in [0.15, 0.2) is 0 Å². The van der Waals surface area contributed by atoms with E-state index in [9.17, 15) is 9.59 Å². The quantitative estimate of drug-likeness (QED) is 0.802. The van der Waals surface area contributed by atoms with Gasteiger partial charge in [-0.25, -0.2) is 0 Å². The minimum absolute atomic E-state index is 0.0172. The largest absolute Gasteiger partial charge is 0.468 e. The van der Waals surface area contributed by atoms with Gasteiger partial charge in [0.25, 0.3) is 0 Å². The van der Waals surface area contributed by atoms with Gasteiger partial charge in [-0.15, -0.1) is 0 Å². The summed E-state index contributed by atoms with van der Waals surface area (Å²) in [5, 5.41) is 6.70. The molecule has 0 saturated heterocycles. The number of nitrogens with one attached hydrogen (secondary N) is 1. The van der Waals surface area contributed by atoms with E-state index in [0.717, 1.165) is 5.56 Å². The van der Waals surface area contributed by atoms with Gasteiger partial charge in [-0.1, -0.05) is 0 Å². The Bertz CT molecular complexity index is 610. The lowest BCUT2D eigenvalue weighted by atomic mass is 10.1. The Labute approximate surface area is 121 Å². The summed E-state index contributed by atoms with van der Waals surface area (Å²) in [7, 11) is 1.31. The molecule has 0 aliphatic rings. The molecule has 2 aromatic heterocycles. The van der Waals surface area contributed by atoms with Crippen molar-refractivity contribution in [1.82, 2.24) is 14.8 Å². The molecule has 0 radical (unpaired) electrons. The van der Waals surface area contributed by atoms with Gasteiger partial charge in [0.1, 0.15) is 6.54 Å². The van der Waals surface area contributed by atoms with E-state index >= 15 is 0 Å². The van der Waals surface area contributed by atoms with Gasteiger partial charge in [-0.05, 0) is 24.1 Å². The van der Waals surface area contributed by atoms with E-state index in [0.29, 0.717) is 18.5 Å². The molecular weight excluding hydrogens is 272 g/mol. The molecule has 0 aliphatic carbocycles. The Kier molecular flexibility index (Phi) is 5.03. The Morgan fingerprint density at radius 3 is 2.81 bits per heavy atom. The number of hydrogen-bond donors (Lipinski definition) is 1. The molecule has 0 saturated carbocycles. The highest BCUT2D eigenvalue weighted by atomic mass is 16.5. The molecule has 0 aliphatic heterocycles. The zero-order valence-electron chi connectivity index (χ0n) is 11.7. The molecule has 0 fully saturated rings. The highest BCUT2D eigenvalue weighted by Crippen LogP contribution is 2.07. The number of nitrogens with zero attached hydrogens (tertiary/aromatic N) is 3. The van der Waals surface area contributed by atoms with Gasteiger partial charge in [0.05, 0.1) is 19.0 Å². The number of aromatic nitrogens is 3. The number of esters is 1. The van der Waals surface area contributed by atoms with Gasteiger partial charge in [-0.3, -0.25) is 19.3 Å². The van der Waals surface area contributed by atoms with Crippen LogP contribution in [0.5, 0.6) is 0 Å². The van der Waals surface area contributed by atoms with Crippen LogP contribution in [0.4, 0.5) is 5.69 Å². The van der Waals surface area contributed by atoms with Crippen molar-refractivity contribution in [3.63, 3.8) is 0 Å². The number of ether oxygens (including phenoxy) is 1. The standard InChI is InChI=1S/C14H16N4O3/c1-21-14(20)10-18-9-12(8-16-18)17-13(19)3-2-11-4-6-15-7-5-11/h4-9H,2-3,10H2,1H3,(H,17,19). The van der Waals surface area contributed by atoms with Crippen LogP contribution in [0.1, 0.15) is 12.0 Å². The summed E-state index contributed by atoms with van der Waals surface area (Å²) in [6.45, 7) is 0.0172. The number of rotatable bonds is 6. The second-order valence-corrected chi connectivity index (χ2v) is 4.41. The molecule has 0 unspecified atom stereocenters. The first kappa shape index (κ1) is 14.7. The van der Waals surface area contributed by atoms with Crippen molar-refractivity contribution in [2.24, 2.45) is 0 Å². The maximum atomic E-state index is 11.8. The van der Waals surface area contributed by atoms with E-state index in [-0.39, 0.29) is 12.5 Å². The monoisotopic (exact) mass is 288 g/mol. The SMILES string of the molecule is COC(=O)Cn1cc(NC(=O)CCc2ccncc2)cn1. The molecule has 2 aromatic rings. The van der Waals surface area contributed by atoms with Crippen molar-refractivity contribution in [2.75, 3.05) is 12.4 Å². The average molecular weight is 288 g/mol. The Hall–Kier alpha value is -2.70. The van der Waals surface area contributed by atoms with E-state index in [1.54, 1.807) is 18.6 Å². The minimum Gasteiger partial charge on any atom is -0.468 e. The van der Waals surface area contributed by atoms with Crippen molar-refractivity contribution in [1.29, 1.82) is 0 Å². The van der Waals surface area contributed by atoms with Crippen LogP contribution in [-0.2, 0) is 27.3 Å². The number of anilines is 1. The summed E-state index contributed by atoms with van der Waals surface area (Å²) < 4.78 is 5.95. The highest BCUT2D eigenvalue weighted by molar-refractivity contribution is 5.90. The lowest BCUT2D eigenvalue weighted by Crippen LogP contribution is -2.13. The fourth-order valence-electron chi connectivity index (χ4n) is 1.74. The molecule has 1 N–H and O–H groups in total. The van der Waals surface area contributed by atoms with Crippen molar-refractivity contribution >= 4 is 17.6 Å². The van der Waals surface area contributed by atoms with Crippen molar-refractivity contribution in [3.8, 4) is 0 Å². The third-order valence-corrected chi connectivity index (χ3v) is 2.83. The van der Waals surface area contributed by atoms with Crippen LogP contribution < -0.4 is 5.32 Å². The van der Waals surface area contributed by atoms with Gasteiger partial charge >= 0.3 is 5.97 Å². The van der Waals surface area contributed by atoms with Crippen LogP contribution in [0.3, 0.4) is 0 Å². The molecule has 110 valence electrons. The number of carbonyl (C=O) groups is 2. The molecule has 7 heteroatoms. The molecule has 2 heterocycles. The van der Waals surface area contributed by atoms with E-state index in [2.05, 4.69) is 20.1 Å². The highest BCUT2D eigenvalue weighted by Gasteiger charge is 2.07. The van der Waals surface area contributed by atoms with Gasteiger partial charge < -0.3 is 10.1 Å². The number of hydrogen-bond acceptors (Lipinski definition) is 5. The summed E-state index contributed by atoms with van der Waals surface area (Å²) in [6, 6.07) is 3.75. The third-order valence-electron chi connectivity index (χ3n) is 2.83. The second-order valence-electron chi connectivity index (χ2n) is 4.41. The minimum atomic E-state index is -0.395. The Morgan fingerprint density at radius 2 is 2.10 bits per heavy atom. The lowest BCUT2D eigenvalue weighted by Gasteiger charge is -2.02. The smallest absolute Gasteiger partial charge is 0.327 e. The van der Waals surface area contributed by atoms with Crippen molar-refractivity contribution in [3.05, 3.63) is 42.5 Å². The van der Waals surface area contributed by atoms with Crippen LogP contribution in [0, 0.1) is 0 Å². The topological polar surface area (TPSA) is 86.1 Å². The van der Waals surface area contributed by atoms with Crippen LogP contribution in [-0.4, -0.2) is 33.8 Å². The molecule has 1 amide bonds. The number of amides is 1. The molecule has 0 aromatic carbocycles. The summed E-state index contributed by atoms with van der Waals surface area (Å²) >= 11 is 0. The molecular formula is C14H16N4O3. The predicted octanol–water partition coefficient (Wildman–Crippen LogP) is 1.02. The van der Waals surface area contributed by atoms with Crippen LogP contribution in [0.15, 0.2) is 36.9 Å². The van der Waals surface area contributed by atoms with E-state index in [1.807, 2.05) is 12.1 Å². The second kappa shape index (κ2) is 7.18. The number of aryl methyl sites for hydroxylation is 1. The fraction of sp³-hybridized carbons (Fsp3) is 0.286. The molecule has 0 bridgehead atoms. The number of methoxy groups -OCH3 is 1. The Morgan fingerprint density at radius 1 is 1.33 bits per heavy atom. The molecule has 0 spiro atoms. The van der Waals surface area contributed by atoms with E-state index in [4.69, 9.17) is 0 Å². The first-order chi connectivity index (χ1) is 10.2. The molecule has 21 heavy (non-hydrogen) atoms. The van der Waals surface area contributed by atoms with Gasteiger partial charge in [0.2, 0.25) is 5.91 Å². The predicted molar refractivity (Wildman–Crippen MR) is 75.4 cm³/mol. The third kappa shape index (κ3) is 4.72. The zero-order valence-corrected chi connectivity index (χ0v) is 11.7. The van der Waals surface area contributed by atoms with E-state index < -0.39 is 5.97 Å². The number of pyridine rings is 1. The summed E-state index contributed by atoms with van der Waals surface area (Å²) in [4.78, 5) is 26.8. The van der Waals surface area contributed by atoms with Gasteiger partial charge in [0, 0.05) is 25.0 Å². The lowest BCUT2D eigenvalue weighted by molar-refractivity contribution is -0.141. The van der Waals surface area contributed by atoms with E-state index in [1.165, 1.54) is 18.0 Å². The van der Waals surface area contributed by atoms with Crippen molar-refractivity contribution in [2.45, 2.75) is 19.4 Å². The van der Waals surface area contributed by atoms with Crippen LogP contribution in [0.25, 0.3) is 0 Å². The molecule has 0 atom stereocenters. The first-order valence-electron chi connectivity index (χ1n) is 6.45. The normalized spacial score (nSPS) is 10.1. The molecule has 2 rings (SSSR count). The summed E-state index contributed by atoms with van der Waals surface area (Å²) in [5.74, 6) is -0.502. The van der Waals surface area contributed by atoms with Crippen molar-refractivity contribution < 1.29 is 14.3 Å². The van der Waals surface area contributed by atoms with Crippen LogP contribution in [0.2, 0.25) is 0 Å². The summed E-state index contributed by atoms with van der Waals surface area (Å²) in [6.07, 6.45) is 7.49. The molecule has 7 nitrogen and oxygen atoms in total. The number of carbonyl (C=O) groups excluding carboxylic acids is 2. The van der Waals surface area contributed by atoms with Crippen LogP contribution >= 0.6 is 0 Å². The Balaban J connectivity index is 1.81. The first-order valence-corrected chi connectivity index (χ1v) is 6.45. The fourth-order valence-corrected chi connectivity index (χ4v) is 1.74.